The molecule has 2 aromatic heterocycles. The molecule has 5 rings (SSSR count). The topological polar surface area (TPSA) is 81.8 Å². The highest BCUT2D eigenvalue weighted by Crippen LogP contribution is 2.29. The SMILES string of the molecule is Nc1ccc2nc(-c3ccc4cnn(C5CCCCO5)c4c3)[nH]c2c1. The number of nitrogens with zero attached hydrogens (tertiary/aromatic N) is 3. The molecule has 0 aliphatic carbocycles. The summed E-state index contributed by atoms with van der Waals surface area (Å²) in [6.45, 7) is 0.802. The fourth-order valence-electron chi connectivity index (χ4n) is 3.50. The molecular formula is C19H19N5O. The largest absolute Gasteiger partial charge is 0.399 e. The normalized spacial score (nSPS) is 18.2. The van der Waals surface area contributed by atoms with Crippen molar-refractivity contribution in [1.82, 2.24) is 19.7 Å². The molecule has 1 unspecified atom stereocenters. The highest BCUT2D eigenvalue weighted by Gasteiger charge is 2.19. The van der Waals surface area contributed by atoms with Gasteiger partial charge in [0.15, 0.2) is 6.23 Å². The molecule has 0 spiro atoms. The van der Waals surface area contributed by atoms with Crippen LogP contribution in [0.3, 0.4) is 0 Å². The summed E-state index contributed by atoms with van der Waals surface area (Å²) in [4.78, 5) is 8.04. The number of nitrogen functional groups attached to an aromatic ring is 1. The van der Waals surface area contributed by atoms with Crippen LogP contribution < -0.4 is 5.73 Å². The van der Waals surface area contributed by atoms with Crippen molar-refractivity contribution in [3.05, 3.63) is 42.6 Å². The monoisotopic (exact) mass is 333 g/mol. The molecule has 0 saturated carbocycles. The molecule has 1 aliphatic rings. The third-order valence-electron chi connectivity index (χ3n) is 4.81. The Morgan fingerprint density at radius 1 is 1.16 bits per heavy atom. The summed E-state index contributed by atoms with van der Waals surface area (Å²) in [6.07, 6.45) is 5.23. The van der Waals surface area contributed by atoms with E-state index in [2.05, 4.69) is 33.3 Å². The first-order valence-corrected chi connectivity index (χ1v) is 8.62. The van der Waals surface area contributed by atoms with Crippen LogP contribution in [0.2, 0.25) is 0 Å². The van der Waals surface area contributed by atoms with E-state index in [9.17, 15) is 0 Å². The van der Waals surface area contributed by atoms with Crippen molar-refractivity contribution in [3.8, 4) is 11.4 Å². The Bertz CT molecular complexity index is 1060. The zero-order valence-electron chi connectivity index (χ0n) is 13.8. The average molecular weight is 333 g/mol. The maximum Gasteiger partial charge on any atom is 0.150 e. The molecule has 4 aromatic rings. The number of nitrogens with one attached hydrogen (secondary N) is 1. The van der Waals surface area contributed by atoms with Crippen molar-refractivity contribution in [3.63, 3.8) is 0 Å². The van der Waals surface area contributed by atoms with Gasteiger partial charge in [-0.3, -0.25) is 0 Å². The van der Waals surface area contributed by atoms with E-state index >= 15 is 0 Å². The van der Waals surface area contributed by atoms with E-state index in [4.69, 9.17) is 10.5 Å². The highest BCUT2D eigenvalue weighted by atomic mass is 16.5. The van der Waals surface area contributed by atoms with Crippen molar-refractivity contribution in [2.24, 2.45) is 0 Å². The van der Waals surface area contributed by atoms with Crippen molar-refractivity contribution in [1.29, 1.82) is 0 Å². The molecule has 126 valence electrons. The molecule has 1 aliphatic heterocycles. The number of H-pyrrole nitrogens is 1. The fourth-order valence-corrected chi connectivity index (χ4v) is 3.50. The lowest BCUT2D eigenvalue weighted by molar-refractivity contribution is -0.0366. The molecule has 1 saturated heterocycles. The Morgan fingerprint density at radius 3 is 3.00 bits per heavy atom. The molecular weight excluding hydrogens is 314 g/mol. The minimum atomic E-state index is 0.0250. The molecule has 0 bridgehead atoms. The Hall–Kier alpha value is -2.86. The Balaban J connectivity index is 1.60. The van der Waals surface area contributed by atoms with Crippen LogP contribution in [0.15, 0.2) is 42.6 Å². The molecule has 2 aromatic carbocycles. The molecule has 1 atom stereocenters. The highest BCUT2D eigenvalue weighted by molar-refractivity contribution is 5.86. The number of aromatic amines is 1. The number of hydrogen-bond donors (Lipinski definition) is 2. The summed E-state index contributed by atoms with van der Waals surface area (Å²) in [7, 11) is 0. The van der Waals surface area contributed by atoms with Crippen LogP contribution in [-0.4, -0.2) is 26.4 Å². The van der Waals surface area contributed by atoms with Gasteiger partial charge in [0, 0.05) is 23.2 Å². The summed E-state index contributed by atoms with van der Waals surface area (Å²) < 4.78 is 7.90. The number of nitrogens with two attached hydrogens (primary N) is 1. The van der Waals surface area contributed by atoms with Crippen LogP contribution in [0.25, 0.3) is 33.3 Å². The third-order valence-corrected chi connectivity index (χ3v) is 4.81. The minimum absolute atomic E-state index is 0.0250. The lowest BCUT2D eigenvalue weighted by Crippen LogP contribution is -2.18. The molecule has 6 nitrogen and oxygen atoms in total. The van der Waals surface area contributed by atoms with Gasteiger partial charge in [-0.05, 0) is 43.5 Å². The van der Waals surface area contributed by atoms with Crippen LogP contribution in [0.5, 0.6) is 0 Å². The standard InChI is InChI=1S/C19H19N5O/c20-14-6-7-15-16(10-14)23-19(22-15)12-4-5-13-11-21-24(17(13)9-12)18-3-1-2-8-25-18/h4-7,9-11,18H,1-3,8,20H2,(H,22,23). The lowest BCUT2D eigenvalue weighted by Gasteiger charge is -2.23. The van der Waals surface area contributed by atoms with E-state index in [1.165, 1.54) is 6.42 Å². The summed E-state index contributed by atoms with van der Waals surface area (Å²) in [6, 6.07) is 12.0. The second kappa shape index (κ2) is 5.60. The van der Waals surface area contributed by atoms with E-state index in [-0.39, 0.29) is 6.23 Å². The smallest absolute Gasteiger partial charge is 0.150 e. The van der Waals surface area contributed by atoms with Gasteiger partial charge in [0.1, 0.15) is 5.82 Å². The van der Waals surface area contributed by atoms with Crippen molar-refractivity contribution < 1.29 is 4.74 Å². The molecule has 1 fully saturated rings. The van der Waals surface area contributed by atoms with Crippen LogP contribution in [0, 0.1) is 0 Å². The quantitative estimate of drug-likeness (QED) is 0.546. The first kappa shape index (κ1) is 14.5. The third kappa shape index (κ3) is 2.46. The minimum Gasteiger partial charge on any atom is -0.399 e. The second-order valence-corrected chi connectivity index (χ2v) is 6.55. The average Bonchev–Trinajstić information content (AvgIpc) is 3.25. The number of imidazole rings is 1. The van der Waals surface area contributed by atoms with Crippen LogP contribution in [0.1, 0.15) is 25.5 Å². The summed E-state index contributed by atoms with van der Waals surface area (Å²) in [5.74, 6) is 0.833. The number of ether oxygens (including phenoxy) is 1. The number of benzene rings is 2. The van der Waals surface area contributed by atoms with Crippen molar-refractivity contribution in [2.75, 3.05) is 12.3 Å². The van der Waals surface area contributed by atoms with E-state index in [0.717, 1.165) is 58.5 Å². The zero-order valence-corrected chi connectivity index (χ0v) is 13.8. The first-order valence-electron chi connectivity index (χ1n) is 8.62. The van der Waals surface area contributed by atoms with E-state index in [1.54, 1.807) is 0 Å². The summed E-state index contributed by atoms with van der Waals surface area (Å²) in [5, 5.41) is 5.66. The van der Waals surface area contributed by atoms with Gasteiger partial charge in [-0.1, -0.05) is 12.1 Å². The van der Waals surface area contributed by atoms with Gasteiger partial charge in [0.2, 0.25) is 0 Å². The zero-order chi connectivity index (χ0) is 16.8. The number of fused-ring (bicyclic) bond motifs is 2. The number of hydrogen-bond acceptors (Lipinski definition) is 4. The van der Waals surface area contributed by atoms with Crippen molar-refractivity contribution in [2.45, 2.75) is 25.5 Å². The lowest BCUT2D eigenvalue weighted by atomic mass is 10.1. The van der Waals surface area contributed by atoms with Gasteiger partial charge in [0.05, 0.1) is 22.7 Å². The Morgan fingerprint density at radius 2 is 2.12 bits per heavy atom. The molecule has 25 heavy (non-hydrogen) atoms. The second-order valence-electron chi connectivity index (χ2n) is 6.55. The van der Waals surface area contributed by atoms with Crippen LogP contribution >= 0.6 is 0 Å². The number of aromatic nitrogens is 4. The molecule has 6 heteroatoms. The molecule has 3 heterocycles. The van der Waals surface area contributed by atoms with E-state index in [1.807, 2.05) is 29.1 Å². The molecule has 0 amide bonds. The maximum absolute atomic E-state index is 5.90. The summed E-state index contributed by atoms with van der Waals surface area (Å²) >= 11 is 0. The van der Waals surface area contributed by atoms with Gasteiger partial charge >= 0.3 is 0 Å². The van der Waals surface area contributed by atoms with Gasteiger partial charge in [-0.2, -0.15) is 5.10 Å². The maximum atomic E-state index is 5.90. The van der Waals surface area contributed by atoms with Gasteiger partial charge < -0.3 is 15.5 Å². The van der Waals surface area contributed by atoms with Gasteiger partial charge in [-0.25, -0.2) is 9.67 Å². The van der Waals surface area contributed by atoms with Gasteiger partial charge in [-0.15, -0.1) is 0 Å². The predicted molar refractivity (Wildman–Crippen MR) is 98.1 cm³/mol. The fraction of sp³-hybridized carbons (Fsp3) is 0.263. The van der Waals surface area contributed by atoms with E-state index < -0.39 is 0 Å². The van der Waals surface area contributed by atoms with Crippen LogP contribution in [-0.2, 0) is 4.74 Å². The predicted octanol–water partition coefficient (Wildman–Crippen LogP) is 3.86. The van der Waals surface area contributed by atoms with Gasteiger partial charge in [0.25, 0.3) is 0 Å². The first-order chi connectivity index (χ1) is 12.3. The molecule has 0 radical (unpaired) electrons. The molecule has 3 N–H and O–H groups in total. The van der Waals surface area contributed by atoms with Crippen molar-refractivity contribution >= 4 is 27.6 Å². The Kier molecular flexibility index (Phi) is 3.24. The number of rotatable bonds is 2. The summed E-state index contributed by atoms with van der Waals surface area (Å²) in [5.41, 5.74) is 10.5. The number of anilines is 1. The van der Waals surface area contributed by atoms with E-state index in [0.29, 0.717) is 0 Å². The van der Waals surface area contributed by atoms with Crippen LogP contribution in [0.4, 0.5) is 5.69 Å². The Labute approximate surface area is 144 Å².